The molecule has 0 fully saturated rings. The minimum atomic E-state index is -0.0627. The van der Waals surface area contributed by atoms with Crippen molar-refractivity contribution < 1.29 is 4.79 Å². The maximum atomic E-state index is 11.5. The van der Waals surface area contributed by atoms with Gasteiger partial charge in [-0.2, -0.15) is 5.10 Å². The summed E-state index contributed by atoms with van der Waals surface area (Å²) in [4.78, 5) is 12.7. The summed E-state index contributed by atoms with van der Waals surface area (Å²) in [6, 6.07) is 18.6. The smallest absolute Gasteiger partial charge is 0.241 e. The van der Waals surface area contributed by atoms with Gasteiger partial charge in [-0.15, -0.1) is 11.8 Å². The van der Waals surface area contributed by atoms with E-state index in [-0.39, 0.29) is 12.5 Å². The van der Waals surface area contributed by atoms with E-state index >= 15 is 0 Å². The molecular formula is C19H19N3OS. The van der Waals surface area contributed by atoms with Gasteiger partial charge in [0.15, 0.2) is 0 Å². The Balaban J connectivity index is 1.92. The van der Waals surface area contributed by atoms with Crippen molar-refractivity contribution in [2.45, 2.75) is 11.4 Å². The van der Waals surface area contributed by atoms with Crippen LogP contribution < -0.4 is 5.32 Å². The van der Waals surface area contributed by atoms with E-state index in [1.165, 1.54) is 16.0 Å². The first-order chi connectivity index (χ1) is 11.7. The zero-order valence-electron chi connectivity index (χ0n) is 13.7. The molecule has 0 aliphatic carbocycles. The van der Waals surface area contributed by atoms with Crippen LogP contribution in [0.3, 0.4) is 0 Å². The highest BCUT2D eigenvalue weighted by Crippen LogP contribution is 2.32. The second kappa shape index (κ2) is 7.36. The second-order valence-electron chi connectivity index (χ2n) is 5.35. The Kier molecular flexibility index (Phi) is 5.01. The number of nitrogens with one attached hydrogen (secondary N) is 1. The molecule has 24 heavy (non-hydrogen) atoms. The number of aromatic nitrogens is 2. The number of rotatable bonds is 5. The first-order valence-corrected chi connectivity index (χ1v) is 8.91. The van der Waals surface area contributed by atoms with Crippen molar-refractivity contribution in [3.05, 3.63) is 60.8 Å². The molecule has 0 aliphatic heterocycles. The molecule has 4 nitrogen and oxygen atoms in total. The van der Waals surface area contributed by atoms with Crippen LogP contribution in [0.15, 0.2) is 65.7 Å². The summed E-state index contributed by atoms with van der Waals surface area (Å²) in [5, 5.41) is 7.10. The summed E-state index contributed by atoms with van der Waals surface area (Å²) >= 11 is 1.74. The summed E-state index contributed by atoms with van der Waals surface area (Å²) < 4.78 is 1.65. The lowest BCUT2D eigenvalue weighted by Gasteiger charge is -2.08. The van der Waals surface area contributed by atoms with Gasteiger partial charge in [-0.3, -0.25) is 9.48 Å². The van der Waals surface area contributed by atoms with Crippen molar-refractivity contribution in [1.82, 2.24) is 15.1 Å². The Morgan fingerprint density at radius 2 is 1.92 bits per heavy atom. The van der Waals surface area contributed by atoms with Gasteiger partial charge in [0.25, 0.3) is 0 Å². The van der Waals surface area contributed by atoms with Crippen LogP contribution in [0.5, 0.6) is 0 Å². The minimum absolute atomic E-state index is 0.0627. The number of carbonyl (C=O) groups excluding carboxylic acids is 1. The van der Waals surface area contributed by atoms with Crippen molar-refractivity contribution in [2.75, 3.05) is 13.3 Å². The minimum Gasteiger partial charge on any atom is -0.358 e. The third-order valence-corrected chi connectivity index (χ3v) is 4.60. The molecule has 1 N–H and O–H groups in total. The van der Waals surface area contributed by atoms with Crippen LogP contribution >= 0.6 is 11.8 Å². The third kappa shape index (κ3) is 3.51. The van der Waals surface area contributed by atoms with E-state index in [1.54, 1.807) is 23.5 Å². The van der Waals surface area contributed by atoms with Crippen molar-refractivity contribution >= 4 is 17.7 Å². The Morgan fingerprint density at radius 3 is 2.71 bits per heavy atom. The highest BCUT2D eigenvalue weighted by atomic mass is 32.2. The van der Waals surface area contributed by atoms with Crippen molar-refractivity contribution in [2.24, 2.45) is 0 Å². The van der Waals surface area contributed by atoms with E-state index in [0.29, 0.717) is 0 Å². The SMILES string of the molecule is CNC(=O)Cn1ccc(-c2cccc(-c3ccccc3SC)c2)n1. The fourth-order valence-electron chi connectivity index (χ4n) is 2.56. The molecule has 3 aromatic rings. The number of hydrogen-bond donors (Lipinski definition) is 1. The van der Waals surface area contributed by atoms with E-state index in [0.717, 1.165) is 11.3 Å². The molecule has 5 heteroatoms. The standard InChI is InChI=1S/C19H19N3OS/c1-20-19(23)13-22-11-10-17(21-22)15-7-5-6-14(12-15)16-8-3-4-9-18(16)24-2/h3-12H,13H2,1-2H3,(H,20,23). The fraction of sp³-hybridized carbons (Fsp3) is 0.158. The second-order valence-corrected chi connectivity index (χ2v) is 6.20. The average molecular weight is 337 g/mol. The van der Waals surface area contributed by atoms with E-state index < -0.39 is 0 Å². The van der Waals surface area contributed by atoms with Gasteiger partial charge in [-0.05, 0) is 35.6 Å². The molecule has 2 aromatic carbocycles. The van der Waals surface area contributed by atoms with Crippen LogP contribution in [0, 0.1) is 0 Å². The molecule has 3 rings (SSSR count). The van der Waals surface area contributed by atoms with Crippen LogP contribution in [0.4, 0.5) is 0 Å². The largest absolute Gasteiger partial charge is 0.358 e. The van der Waals surface area contributed by atoms with Crippen molar-refractivity contribution in [1.29, 1.82) is 0 Å². The zero-order chi connectivity index (χ0) is 16.9. The van der Waals surface area contributed by atoms with Gasteiger partial charge in [0, 0.05) is 23.7 Å². The Labute approximate surface area is 145 Å². The lowest BCUT2D eigenvalue weighted by molar-refractivity contribution is -0.121. The summed E-state index contributed by atoms with van der Waals surface area (Å²) in [7, 11) is 1.62. The Bertz CT molecular complexity index is 857. The predicted octanol–water partition coefficient (Wildman–Crippen LogP) is 3.69. The van der Waals surface area contributed by atoms with Gasteiger partial charge in [-0.25, -0.2) is 0 Å². The first kappa shape index (κ1) is 16.3. The number of hydrogen-bond acceptors (Lipinski definition) is 3. The lowest BCUT2D eigenvalue weighted by atomic mass is 10.0. The summed E-state index contributed by atoms with van der Waals surface area (Å²) in [6.45, 7) is 0.228. The van der Waals surface area contributed by atoms with Crippen LogP contribution in [0.25, 0.3) is 22.4 Å². The molecule has 0 bridgehead atoms. The Hall–Kier alpha value is -2.53. The summed E-state index contributed by atoms with van der Waals surface area (Å²) in [5.74, 6) is -0.0627. The topological polar surface area (TPSA) is 46.9 Å². The molecule has 0 saturated carbocycles. The lowest BCUT2D eigenvalue weighted by Crippen LogP contribution is -2.23. The molecule has 0 radical (unpaired) electrons. The number of amides is 1. The van der Waals surface area contributed by atoms with Crippen molar-refractivity contribution in [3.63, 3.8) is 0 Å². The number of carbonyl (C=O) groups is 1. The highest BCUT2D eigenvalue weighted by molar-refractivity contribution is 7.98. The van der Waals surface area contributed by atoms with E-state index in [1.807, 2.05) is 24.4 Å². The Morgan fingerprint density at radius 1 is 1.12 bits per heavy atom. The van der Waals surface area contributed by atoms with Gasteiger partial charge >= 0.3 is 0 Å². The van der Waals surface area contributed by atoms with Gasteiger partial charge in [0.2, 0.25) is 5.91 Å². The fourth-order valence-corrected chi connectivity index (χ4v) is 3.18. The van der Waals surface area contributed by atoms with E-state index in [2.05, 4.69) is 53.1 Å². The monoisotopic (exact) mass is 337 g/mol. The van der Waals surface area contributed by atoms with Gasteiger partial charge in [0.05, 0.1) is 5.69 Å². The van der Waals surface area contributed by atoms with Crippen LogP contribution in [-0.2, 0) is 11.3 Å². The quantitative estimate of drug-likeness (QED) is 0.722. The maximum absolute atomic E-state index is 11.5. The van der Waals surface area contributed by atoms with Crippen LogP contribution in [-0.4, -0.2) is 29.0 Å². The number of thioether (sulfide) groups is 1. The van der Waals surface area contributed by atoms with E-state index in [9.17, 15) is 4.79 Å². The highest BCUT2D eigenvalue weighted by Gasteiger charge is 2.08. The average Bonchev–Trinajstić information content (AvgIpc) is 3.10. The number of likely N-dealkylation sites (N-methyl/N-ethyl adjacent to an activating group) is 1. The van der Waals surface area contributed by atoms with Crippen LogP contribution in [0.2, 0.25) is 0 Å². The maximum Gasteiger partial charge on any atom is 0.241 e. The molecule has 0 atom stereocenters. The molecule has 0 unspecified atom stereocenters. The summed E-state index contributed by atoms with van der Waals surface area (Å²) in [5.41, 5.74) is 4.29. The first-order valence-electron chi connectivity index (χ1n) is 7.69. The molecule has 1 amide bonds. The molecule has 1 heterocycles. The number of benzene rings is 2. The molecule has 1 aromatic heterocycles. The predicted molar refractivity (Wildman–Crippen MR) is 98.9 cm³/mol. The van der Waals surface area contributed by atoms with Crippen LogP contribution in [0.1, 0.15) is 0 Å². The third-order valence-electron chi connectivity index (χ3n) is 3.80. The van der Waals surface area contributed by atoms with E-state index in [4.69, 9.17) is 0 Å². The molecule has 0 aliphatic rings. The summed E-state index contributed by atoms with van der Waals surface area (Å²) in [6.07, 6.45) is 3.91. The van der Waals surface area contributed by atoms with Crippen molar-refractivity contribution in [3.8, 4) is 22.4 Å². The van der Waals surface area contributed by atoms with Gasteiger partial charge in [0.1, 0.15) is 6.54 Å². The number of nitrogens with zero attached hydrogens (tertiary/aromatic N) is 2. The zero-order valence-corrected chi connectivity index (χ0v) is 14.5. The molecule has 0 saturated heterocycles. The molecule has 122 valence electrons. The molecular weight excluding hydrogens is 318 g/mol. The van der Waals surface area contributed by atoms with Gasteiger partial charge < -0.3 is 5.32 Å². The normalized spacial score (nSPS) is 10.6. The van der Waals surface area contributed by atoms with Gasteiger partial charge in [-0.1, -0.05) is 36.4 Å². The molecule has 0 spiro atoms.